The number of alkyl carbamates (subject to hydrolysis) is 1. The van der Waals surface area contributed by atoms with Crippen LogP contribution in [0.3, 0.4) is 0 Å². The lowest BCUT2D eigenvalue weighted by Gasteiger charge is -2.28. The third-order valence-corrected chi connectivity index (χ3v) is 3.20. The van der Waals surface area contributed by atoms with Gasteiger partial charge in [-0.05, 0) is 33.6 Å². The Hall–Kier alpha value is -1.06. The Kier molecular flexibility index (Phi) is 5.63. The van der Waals surface area contributed by atoms with Crippen LogP contribution < -0.4 is 5.32 Å². The van der Waals surface area contributed by atoms with Gasteiger partial charge in [0.2, 0.25) is 0 Å². The van der Waals surface area contributed by atoms with E-state index in [1.807, 2.05) is 20.8 Å². The number of aldehydes is 1. The molecule has 104 valence electrons. The first-order valence-electron chi connectivity index (χ1n) is 6.87. The molecule has 1 saturated carbocycles. The summed E-state index contributed by atoms with van der Waals surface area (Å²) in [6.07, 6.45) is 6.78. The minimum Gasteiger partial charge on any atom is -0.444 e. The SMILES string of the molecule is CC(C)(C)OC(=O)NC1CCCCCCC1C=O. The van der Waals surface area contributed by atoms with Crippen LogP contribution in [0, 0.1) is 5.92 Å². The molecule has 2 unspecified atom stereocenters. The van der Waals surface area contributed by atoms with Crippen molar-refractivity contribution in [2.45, 2.75) is 70.9 Å². The van der Waals surface area contributed by atoms with Crippen LogP contribution >= 0.6 is 0 Å². The number of ether oxygens (including phenoxy) is 1. The lowest BCUT2D eigenvalue weighted by Crippen LogP contribution is -2.43. The second kappa shape index (κ2) is 6.76. The monoisotopic (exact) mass is 255 g/mol. The fourth-order valence-electron chi connectivity index (χ4n) is 2.31. The van der Waals surface area contributed by atoms with Crippen LogP contribution in [0.15, 0.2) is 0 Å². The van der Waals surface area contributed by atoms with E-state index in [0.717, 1.165) is 32.0 Å². The molecule has 0 bridgehead atoms. The molecule has 18 heavy (non-hydrogen) atoms. The molecule has 1 rings (SSSR count). The molecule has 0 saturated heterocycles. The summed E-state index contributed by atoms with van der Waals surface area (Å²) in [5.41, 5.74) is -0.498. The van der Waals surface area contributed by atoms with Crippen LogP contribution in [-0.2, 0) is 9.53 Å². The lowest BCUT2D eigenvalue weighted by atomic mass is 9.88. The highest BCUT2D eigenvalue weighted by atomic mass is 16.6. The Labute approximate surface area is 109 Å². The molecule has 1 fully saturated rings. The summed E-state index contributed by atoms with van der Waals surface area (Å²) in [5.74, 6) is -0.0715. The molecule has 2 atom stereocenters. The fourth-order valence-corrected chi connectivity index (χ4v) is 2.31. The van der Waals surface area contributed by atoms with E-state index in [4.69, 9.17) is 4.74 Å². The smallest absolute Gasteiger partial charge is 0.407 e. The van der Waals surface area contributed by atoms with Gasteiger partial charge in [-0.2, -0.15) is 0 Å². The van der Waals surface area contributed by atoms with Crippen LogP contribution in [0.2, 0.25) is 0 Å². The van der Waals surface area contributed by atoms with Crippen molar-refractivity contribution in [3.05, 3.63) is 0 Å². The molecule has 0 radical (unpaired) electrons. The molecule has 1 N–H and O–H groups in total. The highest BCUT2D eigenvalue weighted by Crippen LogP contribution is 2.22. The van der Waals surface area contributed by atoms with Crippen molar-refractivity contribution in [1.29, 1.82) is 0 Å². The van der Waals surface area contributed by atoms with E-state index >= 15 is 0 Å². The van der Waals surface area contributed by atoms with Gasteiger partial charge >= 0.3 is 6.09 Å². The minimum atomic E-state index is -0.498. The zero-order valence-electron chi connectivity index (χ0n) is 11.7. The Morgan fingerprint density at radius 3 is 2.33 bits per heavy atom. The predicted molar refractivity (Wildman–Crippen MR) is 70.4 cm³/mol. The second-order valence-corrected chi connectivity index (χ2v) is 6.04. The molecular formula is C14H25NO3. The standard InChI is InChI=1S/C14H25NO3/c1-14(2,3)18-13(17)15-12-9-7-5-4-6-8-11(12)10-16/h10-12H,4-9H2,1-3H3,(H,15,17). The van der Waals surface area contributed by atoms with Crippen LogP contribution in [0.1, 0.15) is 59.3 Å². The third-order valence-electron chi connectivity index (χ3n) is 3.20. The zero-order chi connectivity index (χ0) is 13.6. The summed E-state index contributed by atoms with van der Waals surface area (Å²) in [6.45, 7) is 5.51. The average Bonchev–Trinajstić information content (AvgIpc) is 2.20. The van der Waals surface area contributed by atoms with Gasteiger partial charge < -0.3 is 14.8 Å². The number of hydrogen-bond acceptors (Lipinski definition) is 3. The van der Waals surface area contributed by atoms with Gasteiger partial charge in [0.25, 0.3) is 0 Å². The Balaban J connectivity index is 2.54. The molecule has 1 amide bonds. The summed E-state index contributed by atoms with van der Waals surface area (Å²) in [5, 5.41) is 2.85. The Bertz CT molecular complexity index is 283. The molecule has 4 heteroatoms. The maximum Gasteiger partial charge on any atom is 0.407 e. The normalized spacial score (nSPS) is 25.7. The van der Waals surface area contributed by atoms with Gasteiger partial charge in [0, 0.05) is 12.0 Å². The largest absolute Gasteiger partial charge is 0.444 e. The van der Waals surface area contributed by atoms with Crippen molar-refractivity contribution >= 4 is 12.4 Å². The van der Waals surface area contributed by atoms with Crippen molar-refractivity contribution in [2.75, 3.05) is 0 Å². The van der Waals surface area contributed by atoms with Gasteiger partial charge in [0.05, 0.1) is 0 Å². The summed E-state index contributed by atoms with van der Waals surface area (Å²) < 4.78 is 5.24. The van der Waals surface area contributed by atoms with Crippen LogP contribution in [0.5, 0.6) is 0 Å². The highest BCUT2D eigenvalue weighted by molar-refractivity contribution is 5.69. The number of hydrogen-bond donors (Lipinski definition) is 1. The van der Waals surface area contributed by atoms with E-state index in [-0.39, 0.29) is 12.0 Å². The molecule has 4 nitrogen and oxygen atoms in total. The maximum absolute atomic E-state index is 11.7. The fraction of sp³-hybridized carbons (Fsp3) is 0.857. The zero-order valence-corrected chi connectivity index (χ0v) is 11.7. The molecular weight excluding hydrogens is 230 g/mol. The molecule has 1 aliphatic carbocycles. The first kappa shape index (κ1) is 15.0. The Morgan fingerprint density at radius 2 is 1.78 bits per heavy atom. The average molecular weight is 255 g/mol. The van der Waals surface area contributed by atoms with E-state index in [2.05, 4.69) is 5.32 Å². The van der Waals surface area contributed by atoms with Gasteiger partial charge in [0.1, 0.15) is 11.9 Å². The lowest BCUT2D eigenvalue weighted by molar-refractivity contribution is -0.112. The van der Waals surface area contributed by atoms with E-state index in [1.54, 1.807) is 0 Å². The van der Waals surface area contributed by atoms with Gasteiger partial charge in [-0.25, -0.2) is 4.79 Å². The number of rotatable bonds is 2. The van der Waals surface area contributed by atoms with Crippen molar-refractivity contribution in [1.82, 2.24) is 5.32 Å². The van der Waals surface area contributed by atoms with E-state index in [9.17, 15) is 9.59 Å². The molecule has 0 aromatic heterocycles. The van der Waals surface area contributed by atoms with Gasteiger partial charge in [-0.1, -0.05) is 25.7 Å². The summed E-state index contributed by atoms with van der Waals surface area (Å²) in [4.78, 5) is 22.8. The van der Waals surface area contributed by atoms with Gasteiger partial charge in [-0.15, -0.1) is 0 Å². The maximum atomic E-state index is 11.7. The van der Waals surface area contributed by atoms with Crippen LogP contribution in [0.4, 0.5) is 4.79 Å². The van der Waals surface area contributed by atoms with Gasteiger partial charge in [-0.3, -0.25) is 0 Å². The summed E-state index contributed by atoms with van der Waals surface area (Å²) in [7, 11) is 0. The number of amides is 1. The van der Waals surface area contributed by atoms with E-state index in [0.29, 0.717) is 0 Å². The third kappa shape index (κ3) is 5.52. The van der Waals surface area contributed by atoms with Crippen LogP contribution in [0.25, 0.3) is 0 Å². The quantitative estimate of drug-likeness (QED) is 0.772. The molecule has 0 aromatic rings. The topological polar surface area (TPSA) is 55.4 Å². The molecule has 0 aliphatic heterocycles. The first-order chi connectivity index (χ1) is 8.42. The predicted octanol–water partition coefficient (Wildman–Crippen LogP) is 3.05. The molecule has 0 aromatic carbocycles. The molecule has 0 spiro atoms. The van der Waals surface area contributed by atoms with Crippen molar-refractivity contribution < 1.29 is 14.3 Å². The van der Waals surface area contributed by atoms with Crippen molar-refractivity contribution in [2.24, 2.45) is 5.92 Å². The summed E-state index contributed by atoms with van der Waals surface area (Å²) in [6, 6.07) is -0.0716. The van der Waals surface area contributed by atoms with Gasteiger partial charge in [0.15, 0.2) is 0 Å². The van der Waals surface area contributed by atoms with Crippen molar-refractivity contribution in [3.63, 3.8) is 0 Å². The summed E-state index contributed by atoms with van der Waals surface area (Å²) >= 11 is 0. The second-order valence-electron chi connectivity index (χ2n) is 6.04. The molecule has 0 heterocycles. The number of nitrogens with one attached hydrogen (secondary N) is 1. The number of carbonyl (C=O) groups excluding carboxylic acids is 2. The Morgan fingerprint density at radius 1 is 1.17 bits per heavy atom. The first-order valence-corrected chi connectivity index (χ1v) is 6.87. The van der Waals surface area contributed by atoms with Crippen LogP contribution in [-0.4, -0.2) is 24.0 Å². The van der Waals surface area contributed by atoms with E-state index < -0.39 is 11.7 Å². The van der Waals surface area contributed by atoms with E-state index in [1.165, 1.54) is 12.8 Å². The highest BCUT2D eigenvalue weighted by Gasteiger charge is 2.26. The molecule has 1 aliphatic rings. The number of carbonyl (C=O) groups is 2. The van der Waals surface area contributed by atoms with Crippen molar-refractivity contribution in [3.8, 4) is 0 Å². The minimum absolute atomic E-state index is 0.0715.